The highest BCUT2D eigenvalue weighted by Crippen LogP contribution is 1.75. The minimum absolute atomic E-state index is 0.657. The van der Waals surface area contributed by atoms with Crippen LogP contribution in [0, 0.1) is 0 Å². The molecule has 7 nitrogen and oxygen atoms in total. The molecule has 0 bridgehead atoms. The number of carbonyl (C=O) groups is 3. The molecule has 82 valence electrons. The molecule has 0 aliphatic rings. The fourth-order valence-corrected chi connectivity index (χ4v) is 0.250. The van der Waals surface area contributed by atoms with Crippen LogP contribution >= 0.6 is 0 Å². The summed E-state index contributed by atoms with van der Waals surface area (Å²) in [6, 6.07) is 0. The molecule has 0 N–H and O–H groups in total. The van der Waals surface area contributed by atoms with Crippen molar-refractivity contribution >= 4 is 18.1 Å². The number of rotatable bonds is 0. The fraction of sp³-hybridized carbons (Fsp3) is 0.571. The first-order valence-corrected chi connectivity index (χ1v) is 3.31. The van der Waals surface area contributed by atoms with E-state index in [0.29, 0.717) is 0 Å². The maximum absolute atomic E-state index is 10.0. The highest BCUT2D eigenvalue weighted by atomic mass is 16.7. The molecule has 0 saturated carbocycles. The zero-order valence-electron chi connectivity index (χ0n) is 8.36. The normalized spacial score (nSPS) is 7.43. The molecule has 0 aliphatic heterocycles. The van der Waals surface area contributed by atoms with Gasteiger partial charge in [-0.05, 0) is 0 Å². The predicted octanol–water partition coefficient (Wildman–Crippen LogP) is -0.268. The smallest absolute Gasteiger partial charge is 0.461 e. The first-order chi connectivity index (χ1) is 6.53. The summed E-state index contributed by atoms with van der Waals surface area (Å²) in [4.78, 5) is 29.8. The van der Waals surface area contributed by atoms with Gasteiger partial charge in [0.15, 0.2) is 0 Å². The lowest BCUT2D eigenvalue weighted by Gasteiger charge is -1.92. The van der Waals surface area contributed by atoms with Crippen molar-refractivity contribution in [2.75, 3.05) is 28.4 Å². The van der Waals surface area contributed by atoms with Crippen LogP contribution in [0.25, 0.3) is 0 Å². The van der Waals surface area contributed by atoms with Crippen molar-refractivity contribution < 1.29 is 33.3 Å². The van der Waals surface area contributed by atoms with Crippen LogP contribution in [0.2, 0.25) is 0 Å². The van der Waals surface area contributed by atoms with E-state index >= 15 is 0 Å². The summed E-state index contributed by atoms with van der Waals surface area (Å²) in [6.45, 7) is 0. The van der Waals surface area contributed by atoms with E-state index in [0.717, 1.165) is 14.2 Å². The molecule has 0 heterocycles. The highest BCUT2D eigenvalue weighted by molar-refractivity contribution is 6.29. The third-order valence-electron chi connectivity index (χ3n) is 0.871. The van der Waals surface area contributed by atoms with Crippen LogP contribution in [-0.2, 0) is 28.5 Å². The minimum atomic E-state index is -0.979. The largest absolute Gasteiger partial charge is 0.507 e. The van der Waals surface area contributed by atoms with Crippen molar-refractivity contribution in [2.45, 2.75) is 0 Å². The molecule has 0 rings (SSSR count). The van der Waals surface area contributed by atoms with E-state index in [4.69, 9.17) is 0 Å². The lowest BCUT2D eigenvalue weighted by Crippen LogP contribution is -2.16. The Hall–Kier alpha value is -1.79. The number of hydrogen-bond acceptors (Lipinski definition) is 7. The van der Waals surface area contributed by atoms with Gasteiger partial charge in [0.1, 0.15) is 0 Å². The Balaban J connectivity index is 0. The predicted molar refractivity (Wildman–Crippen MR) is 43.4 cm³/mol. The Bertz CT molecular complexity index is 178. The molecule has 0 saturated heterocycles. The van der Waals surface area contributed by atoms with Gasteiger partial charge in [-0.2, -0.15) is 0 Å². The number of esters is 2. The summed E-state index contributed by atoms with van der Waals surface area (Å²) in [5, 5.41) is 0. The summed E-state index contributed by atoms with van der Waals surface area (Å²) in [6.07, 6.45) is -0.657. The topological polar surface area (TPSA) is 88.1 Å². The van der Waals surface area contributed by atoms with Gasteiger partial charge in [0.05, 0.1) is 28.4 Å². The molecule has 7 heteroatoms. The van der Waals surface area contributed by atoms with Crippen LogP contribution in [0.1, 0.15) is 0 Å². The first-order valence-electron chi connectivity index (χ1n) is 3.31. The average Bonchev–Trinajstić information content (AvgIpc) is 2.26. The van der Waals surface area contributed by atoms with Crippen LogP contribution in [0.4, 0.5) is 4.79 Å². The van der Waals surface area contributed by atoms with Gasteiger partial charge in [0, 0.05) is 0 Å². The minimum Gasteiger partial charge on any atom is -0.461 e. The molecule has 0 fully saturated rings. The lowest BCUT2D eigenvalue weighted by molar-refractivity contribution is -0.164. The number of methoxy groups -OCH3 is 4. The molecule has 0 aromatic heterocycles. The van der Waals surface area contributed by atoms with E-state index in [1.807, 2.05) is 0 Å². The Morgan fingerprint density at radius 2 is 0.929 bits per heavy atom. The monoisotopic (exact) mass is 208 g/mol. The van der Waals surface area contributed by atoms with Crippen molar-refractivity contribution in [3.05, 3.63) is 0 Å². The van der Waals surface area contributed by atoms with Crippen LogP contribution in [0.15, 0.2) is 0 Å². The quantitative estimate of drug-likeness (QED) is 0.307. The van der Waals surface area contributed by atoms with Gasteiger partial charge < -0.3 is 18.9 Å². The van der Waals surface area contributed by atoms with Crippen LogP contribution < -0.4 is 0 Å². The molecule has 14 heavy (non-hydrogen) atoms. The van der Waals surface area contributed by atoms with Crippen molar-refractivity contribution in [3.63, 3.8) is 0 Å². The van der Waals surface area contributed by atoms with Gasteiger partial charge in [-0.1, -0.05) is 0 Å². The second kappa shape index (κ2) is 9.30. The molecule has 0 aliphatic carbocycles. The van der Waals surface area contributed by atoms with Gasteiger partial charge in [0.25, 0.3) is 0 Å². The van der Waals surface area contributed by atoms with E-state index in [1.54, 1.807) is 0 Å². The van der Waals surface area contributed by atoms with Crippen molar-refractivity contribution in [2.24, 2.45) is 0 Å². The second-order valence-electron chi connectivity index (χ2n) is 1.64. The molecule has 0 spiro atoms. The summed E-state index contributed by atoms with van der Waals surface area (Å²) in [5.41, 5.74) is 0. The zero-order chi connectivity index (χ0) is 11.6. The Kier molecular flexibility index (Phi) is 9.78. The van der Waals surface area contributed by atoms with Gasteiger partial charge in [-0.25, -0.2) is 14.4 Å². The van der Waals surface area contributed by atoms with E-state index in [-0.39, 0.29) is 0 Å². The van der Waals surface area contributed by atoms with Gasteiger partial charge >= 0.3 is 18.1 Å². The van der Waals surface area contributed by atoms with Crippen molar-refractivity contribution in [1.82, 2.24) is 0 Å². The molecular formula is C7H12O7. The van der Waals surface area contributed by atoms with Crippen molar-refractivity contribution in [3.8, 4) is 0 Å². The van der Waals surface area contributed by atoms with Crippen LogP contribution in [0.3, 0.4) is 0 Å². The summed E-state index contributed by atoms with van der Waals surface area (Å²) in [5.74, 6) is -1.96. The number of carbonyl (C=O) groups excluding carboxylic acids is 3. The SMILES string of the molecule is COC(=O)C(=O)OC.COC(=O)OC. The Morgan fingerprint density at radius 3 is 1.00 bits per heavy atom. The average molecular weight is 208 g/mol. The lowest BCUT2D eigenvalue weighted by atomic mass is 10.7. The zero-order valence-corrected chi connectivity index (χ0v) is 8.36. The summed E-state index contributed by atoms with van der Waals surface area (Å²) in [7, 11) is 4.73. The van der Waals surface area contributed by atoms with E-state index in [9.17, 15) is 14.4 Å². The van der Waals surface area contributed by atoms with E-state index in [1.165, 1.54) is 14.2 Å². The van der Waals surface area contributed by atoms with Gasteiger partial charge in [0.2, 0.25) is 0 Å². The summed E-state index contributed by atoms with van der Waals surface area (Å²) >= 11 is 0. The van der Waals surface area contributed by atoms with Gasteiger partial charge in [-0.15, -0.1) is 0 Å². The summed E-state index contributed by atoms with van der Waals surface area (Å²) < 4.78 is 16.1. The van der Waals surface area contributed by atoms with Gasteiger partial charge in [-0.3, -0.25) is 0 Å². The molecule has 0 atom stereocenters. The van der Waals surface area contributed by atoms with Crippen LogP contribution in [-0.4, -0.2) is 46.5 Å². The van der Waals surface area contributed by atoms with E-state index in [2.05, 4.69) is 18.9 Å². The fourth-order valence-electron chi connectivity index (χ4n) is 0.250. The molecule has 0 radical (unpaired) electrons. The molecule has 0 aromatic rings. The maximum Gasteiger partial charge on any atom is 0.507 e. The third-order valence-corrected chi connectivity index (χ3v) is 0.871. The van der Waals surface area contributed by atoms with E-state index < -0.39 is 18.1 Å². The Morgan fingerprint density at radius 1 is 0.643 bits per heavy atom. The first kappa shape index (κ1) is 14.7. The van der Waals surface area contributed by atoms with Crippen molar-refractivity contribution in [1.29, 1.82) is 0 Å². The Labute approximate surface area is 80.9 Å². The highest BCUT2D eigenvalue weighted by Gasteiger charge is 2.11. The molecule has 0 unspecified atom stereocenters. The maximum atomic E-state index is 10.0. The molecule has 0 aromatic carbocycles. The third kappa shape index (κ3) is 8.31. The number of ether oxygens (including phenoxy) is 4. The molecule has 0 amide bonds. The van der Waals surface area contributed by atoms with Crippen LogP contribution in [0.5, 0.6) is 0 Å². The molecular weight excluding hydrogens is 196 g/mol. The standard InChI is InChI=1S/C4H6O4.C3H6O3/c1-7-3(5)4(6)8-2;1-5-3(4)6-2/h1-2H3;1-2H3. The number of hydrogen-bond donors (Lipinski definition) is 0. The second-order valence-corrected chi connectivity index (χ2v) is 1.64.